The molecule has 0 radical (unpaired) electrons. The van der Waals surface area contributed by atoms with Crippen LogP contribution in [0.3, 0.4) is 0 Å². The molecular formula is C18H30N2. The van der Waals surface area contributed by atoms with Gasteiger partial charge in [-0.2, -0.15) is 0 Å². The van der Waals surface area contributed by atoms with Crippen LogP contribution in [0, 0.1) is 12.8 Å². The Balaban J connectivity index is 1.92. The zero-order valence-corrected chi connectivity index (χ0v) is 13.4. The SMILES string of the molecule is CCNC(CCN1CCC(CC)C1)c1ccccc1C. The number of benzene rings is 1. The average Bonchev–Trinajstić information content (AvgIpc) is 2.92. The molecule has 1 aliphatic heterocycles. The summed E-state index contributed by atoms with van der Waals surface area (Å²) in [6.45, 7) is 11.6. The lowest BCUT2D eigenvalue weighted by Gasteiger charge is -2.23. The van der Waals surface area contributed by atoms with Gasteiger partial charge in [-0.3, -0.25) is 0 Å². The second kappa shape index (κ2) is 7.80. The van der Waals surface area contributed by atoms with Gasteiger partial charge >= 0.3 is 0 Å². The van der Waals surface area contributed by atoms with Gasteiger partial charge in [0.1, 0.15) is 0 Å². The molecule has 0 saturated carbocycles. The highest BCUT2D eigenvalue weighted by Gasteiger charge is 2.22. The molecule has 112 valence electrons. The Morgan fingerprint density at radius 1 is 1.30 bits per heavy atom. The predicted molar refractivity (Wildman–Crippen MR) is 87.1 cm³/mol. The Bertz CT molecular complexity index is 402. The van der Waals surface area contributed by atoms with Gasteiger partial charge in [0.25, 0.3) is 0 Å². The zero-order valence-electron chi connectivity index (χ0n) is 13.4. The van der Waals surface area contributed by atoms with Gasteiger partial charge in [-0.05, 0) is 56.4 Å². The Hall–Kier alpha value is -0.860. The molecule has 0 aliphatic carbocycles. The molecule has 2 heteroatoms. The second-order valence-corrected chi connectivity index (χ2v) is 6.12. The molecule has 20 heavy (non-hydrogen) atoms. The molecule has 2 atom stereocenters. The minimum absolute atomic E-state index is 0.502. The topological polar surface area (TPSA) is 15.3 Å². The van der Waals surface area contributed by atoms with Crippen LogP contribution >= 0.6 is 0 Å². The lowest BCUT2D eigenvalue weighted by molar-refractivity contribution is 0.298. The van der Waals surface area contributed by atoms with Crippen molar-refractivity contribution in [3.8, 4) is 0 Å². The highest BCUT2D eigenvalue weighted by atomic mass is 15.1. The second-order valence-electron chi connectivity index (χ2n) is 6.12. The maximum Gasteiger partial charge on any atom is 0.0334 e. The summed E-state index contributed by atoms with van der Waals surface area (Å²) in [6, 6.07) is 9.30. The molecule has 1 heterocycles. The number of likely N-dealkylation sites (tertiary alicyclic amines) is 1. The first-order valence-corrected chi connectivity index (χ1v) is 8.25. The van der Waals surface area contributed by atoms with Crippen molar-refractivity contribution in [3.63, 3.8) is 0 Å². The van der Waals surface area contributed by atoms with Gasteiger partial charge in [-0.15, -0.1) is 0 Å². The molecule has 1 aromatic rings. The fourth-order valence-electron chi connectivity index (χ4n) is 3.35. The van der Waals surface area contributed by atoms with Crippen LogP contribution < -0.4 is 5.32 Å². The van der Waals surface area contributed by atoms with Crippen molar-refractivity contribution >= 4 is 0 Å². The molecule has 2 rings (SSSR count). The van der Waals surface area contributed by atoms with Gasteiger partial charge in [0.2, 0.25) is 0 Å². The first kappa shape index (κ1) is 15.5. The van der Waals surface area contributed by atoms with Crippen molar-refractivity contribution in [2.24, 2.45) is 5.92 Å². The van der Waals surface area contributed by atoms with Crippen LogP contribution in [0.25, 0.3) is 0 Å². The average molecular weight is 274 g/mol. The smallest absolute Gasteiger partial charge is 0.0334 e. The van der Waals surface area contributed by atoms with Crippen molar-refractivity contribution in [2.45, 2.75) is 46.1 Å². The van der Waals surface area contributed by atoms with Crippen LogP contribution in [0.15, 0.2) is 24.3 Å². The van der Waals surface area contributed by atoms with Crippen molar-refractivity contribution in [1.29, 1.82) is 0 Å². The molecule has 1 N–H and O–H groups in total. The standard InChI is InChI=1S/C18H30N2/c1-4-16-10-12-20(14-16)13-11-18(19-5-2)17-9-7-6-8-15(17)3/h6-9,16,18-19H,4-5,10-14H2,1-3H3. The minimum Gasteiger partial charge on any atom is -0.310 e. The van der Waals surface area contributed by atoms with Crippen molar-refractivity contribution in [3.05, 3.63) is 35.4 Å². The van der Waals surface area contributed by atoms with E-state index >= 15 is 0 Å². The third-order valence-corrected chi connectivity index (χ3v) is 4.70. The molecule has 0 aromatic heterocycles. The van der Waals surface area contributed by atoms with E-state index in [0.29, 0.717) is 6.04 Å². The zero-order chi connectivity index (χ0) is 14.4. The molecule has 1 aliphatic rings. The molecule has 0 spiro atoms. The van der Waals surface area contributed by atoms with Crippen LogP contribution in [-0.2, 0) is 0 Å². The molecule has 1 aromatic carbocycles. The maximum atomic E-state index is 3.66. The van der Waals surface area contributed by atoms with Crippen molar-refractivity contribution in [1.82, 2.24) is 10.2 Å². The fourth-order valence-corrected chi connectivity index (χ4v) is 3.35. The first-order valence-electron chi connectivity index (χ1n) is 8.25. The number of hydrogen-bond acceptors (Lipinski definition) is 2. The Morgan fingerprint density at radius 2 is 2.10 bits per heavy atom. The normalized spacial score (nSPS) is 21.2. The summed E-state index contributed by atoms with van der Waals surface area (Å²) in [4.78, 5) is 2.65. The Labute approximate surface area is 124 Å². The van der Waals surface area contributed by atoms with E-state index in [1.165, 1.54) is 50.0 Å². The van der Waals surface area contributed by atoms with Gasteiger partial charge in [0, 0.05) is 12.6 Å². The largest absolute Gasteiger partial charge is 0.310 e. The third kappa shape index (κ3) is 4.07. The Morgan fingerprint density at radius 3 is 2.75 bits per heavy atom. The van der Waals surface area contributed by atoms with E-state index in [9.17, 15) is 0 Å². The predicted octanol–water partition coefficient (Wildman–Crippen LogP) is 3.77. The van der Waals surface area contributed by atoms with E-state index in [1.54, 1.807) is 0 Å². The summed E-state index contributed by atoms with van der Waals surface area (Å²) in [6.07, 6.45) is 3.95. The van der Waals surface area contributed by atoms with Gasteiger partial charge in [-0.25, -0.2) is 0 Å². The van der Waals surface area contributed by atoms with Crippen molar-refractivity contribution < 1.29 is 0 Å². The third-order valence-electron chi connectivity index (χ3n) is 4.70. The number of hydrogen-bond donors (Lipinski definition) is 1. The highest BCUT2D eigenvalue weighted by Crippen LogP contribution is 2.24. The van der Waals surface area contributed by atoms with E-state index in [4.69, 9.17) is 0 Å². The van der Waals surface area contributed by atoms with Crippen LogP contribution in [0.5, 0.6) is 0 Å². The van der Waals surface area contributed by atoms with Crippen molar-refractivity contribution in [2.75, 3.05) is 26.2 Å². The van der Waals surface area contributed by atoms with Gasteiger partial charge in [0.05, 0.1) is 0 Å². The molecule has 2 unspecified atom stereocenters. The molecule has 0 amide bonds. The van der Waals surface area contributed by atoms with Crippen LogP contribution in [0.4, 0.5) is 0 Å². The van der Waals surface area contributed by atoms with Gasteiger partial charge in [-0.1, -0.05) is 44.5 Å². The van der Waals surface area contributed by atoms with Gasteiger partial charge in [0.15, 0.2) is 0 Å². The minimum atomic E-state index is 0.502. The lowest BCUT2D eigenvalue weighted by atomic mass is 9.98. The summed E-state index contributed by atoms with van der Waals surface area (Å²) >= 11 is 0. The molecular weight excluding hydrogens is 244 g/mol. The van der Waals surface area contributed by atoms with E-state index < -0.39 is 0 Å². The quantitative estimate of drug-likeness (QED) is 0.814. The van der Waals surface area contributed by atoms with Crippen LogP contribution in [-0.4, -0.2) is 31.1 Å². The number of aryl methyl sites for hydroxylation is 1. The monoisotopic (exact) mass is 274 g/mol. The maximum absolute atomic E-state index is 3.66. The first-order chi connectivity index (χ1) is 9.74. The van der Waals surface area contributed by atoms with Gasteiger partial charge < -0.3 is 10.2 Å². The summed E-state index contributed by atoms with van der Waals surface area (Å²) in [7, 11) is 0. The summed E-state index contributed by atoms with van der Waals surface area (Å²) in [5.74, 6) is 0.936. The highest BCUT2D eigenvalue weighted by molar-refractivity contribution is 5.28. The van der Waals surface area contributed by atoms with Crippen LogP contribution in [0.1, 0.15) is 50.3 Å². The van der Waals surface area contributed by atoms with E-state index in [1.807, 2.05) is 0 Å². The summed E-state index contributed by atoms with van der Waals surface area (Å²) in [5, 5.41) is 3.66. The van der Waals surface area contributed by atoms with Crippen LogP contribution in [0.2, 0.25) is 0 Å². The number of nitrogens with one attached hydrogen (secondary N) is 1. The summed E-state index contributed by atoms with van der Waals surface area (Å²) in [5.41, 5.74) is 2.88. The molecule has 0 bridgehead atoms. The molecule has 1 fully saturated rings. The summed E-state index contributed by atoms with van der Waals surface area (Å²) < 4.78 is 0. The molecule has 2 nitrogen and oxygen atoms in total. The van der Waals surface area contributed by atoms with E-state index in [-0.39, 0.29) is 0 Å². The van der Waals surface area contributed by atoms with E-state index in [2.05, 4.69) is 55.3 Å². The number of rotatable bonds is 7. The Kier molecular flexibility index (Phi) is 6.06. The molecule has 1 saturated heterocycles. The van der Waals surface area contributed by atoms with E-state index in [0.717, 1.165) is 12.5 Å². The number of nitrogens with zero attached hydrogens (tertiary/aromatic N) is 1. The lowest BCUT2D eigenvalue weighted by Crippen LogP contribution is -2.28. The fraction of sp³-hybridized carbons (Fsp3) is 0.667.